The van der Waals surface area contributed by atoms with Gasteiger partial charge in [0.1, 0.15) is 0 Å². The molecule has 0 bridgehead atoms. The average Bonchev–Trinajstić information content (AvgIpc) is 2.89. The van der Waals surface area contributed by atoms with E-state index >= 15 is 0 Å². The van der Waals surface area contributed by atoms with Crippen molar-refractivity contribution in [3.63, 3.8) is 0 Å². The van der Waals surface area contributed by atoms with Gasteiger partial charge in [0.05, 0.1) is 13.4 Å². The van der Waals surface area contributed by atoms with Gasteiger partial charge in [0.15, 0.2) is 11.3 Å². The highest BCUT2D eigenvalue weighted by Crippen LogP contribution is 2.38. The van der Waals surface area contributed by atoms with Gasteiger partial charge in [-0.15, -0.1) is 0 Å². The summed E-state index contributed by atoms with van der Waals surface area (Å²) in [6, 6.07) is 6.09. The molecule has 0 saturated heterocycles. The summed E-state index contributed by atoms with van der Waals surface area (Å²) in [5, 5.41) is 1.15. The van der Waals surface area contributed by atoms with Crippen molar-refractivity contribution in [3.8, 4) is 5.75 Å². The number of benzene rings is 1. The first kappa shape index (κ1) is 10.7. The third-order valence-corrected chi connectivity index (χ3v) is 3.68. The lowest BCUT2D eigenvalue weighted by Crippen LogP contribution is -2.22. The number of nitrogens with two attached hydrogens (primary N) is 1. The van der Waals surface area contributed by atoms with Crippen LogP contribution < -0.4 is 10.5 Å². The summed E-state index contributed by atoms with van der Waals surface area (Å²) in [5.74, 6) is 0.794. The van der Waals surface area contributed by atoms with Crippen LogP contribution in [0.4, 0.5) is 0 Å². The van der Waals surface area contributed by atoms with Crippen LogP contribution >= 0.6 is 0 Å². The highest BCUT2D eigenvalue weighted by Gasteiger charge is 2.37. The van der Waals surface area contributed by atoms with Crippen molar-refractivity contribution in [1.82, 2.24) is 0 Å². The molecule has 90 valence electrons. The standard InChI is InChI=1S/C14H17NO2/c1-16-12-3-2-10(4-6-14(15)7-8-14)11-5-9-17-13(11)12/h2-3,5,9H,4,6-8,15H2,1H3. The van der Waals surface area contributed by atoms with Crippen LogP contribution in [0, 0.1) is 0 Å². The smallest absolute Gasteiger partial charge is 0.175 e. The average molecular weight is 231 g/mol. The van der Waals surface area contributed by atoms with Crippen LogP contribution in [0.15, 0.2) is 28.9 Å². The molecular weight excluding hydrogens is 214 g/mol. The summed E-state index contributed by atoms with van der Waals surface area (Å²) in [5.41, 5.74) is 8.37. The molecule has 0 aliphatic heterocycles. The summed E-state index contributed by atoms with van der Waals surface area (Å²) in [6.07, 6.45) is 6.11. The minimum Gasteiger partial charge on any atom is -0.493 e. The molecule has 2 aromatic rings. The van der Waals surface area contributed by atoms with E-state index < -0.39 is 0 Å². The fourth-order valence-corrected chi connectivity index (χ4v) is 2.27. The molecule has 3 heteroatoms. The first-order chi connectivity index (χ1) is 8.22. The van der Waals surface area contributed by atoms with Crippen LogP contribution in [-0.4, -0.2) is 12.6 Å². The maximum absolute atomic E-state index is 6.12. The summed E-state index contributed by atoms with van der Waals surface area (Å²) in [6.45, 7) is 0. The molecule has 3 rings (SSSR count). The van der Waals surface area contributed by atoms with Gasteiger partial charge >= 0.3 is 0 Å². The Morgan fingerprint density at radius 3 is 2.88 bits per heavy atom. The SMILES string of the molecule is COc1ccc(CCC2(N)CC2)c2ccoc12. The van der Waals surface area contributed by atoms with Gasteiger partial charge in [0, 0.05) is 10.9 Å². The van der Waals surface area contributed by atoms with Crippen LogP contribution in [0.25, 0.3) is 11.0 Å². The lowest BCUT2D eigenvalue weighted by molar-refractivity contribution is 0.410. The highest BCUT2D eigenvalue weighted by molar-refractivity contribution is 5.86. The molecule has 0 atom stereocenters. The molecule has 1 aliphatic rings. The second kappa shape index (κ2) is 3.77. The monoisotopic (exact) mass is 231 g/mol. The number of methoxy groups -OCH3 is 1. The molecule has 3 nitrogen and oxygen atoms in total. The molecule has 0 amide bonds. The zero-order chi connectivity index (χ0) is 11.9. The number of aryl methyl sites for hydroxylation is 1. The van der Waals surface area contributed by atoms with Crippen LogP contribution in [0.5, 0.6) is 5.75 Å². The minimum atomic E-state index is 0.107. The van der Waals surface area contributed by atoms with Gasteiger partial charge in [-0.05, 0) is 43.4 Å². The van der Waals surface area contributed by atoms with Crippen molar-refractivity contribution >= 4 is 11.0 Å². The van der Waals surface area contributed by atoms with E-state index in [1.54, 1.807) is 13.4 Å². The molecule has 17 heavy (non-hydrogen) atoms. The van der Waals surface area contributed by atoms with E-state index in [9.17, 15) is 0 Å². The van der Waals surface area contributed by atoms with Crippen molar-refractivity contribution in [1.29, 1.82) is 0 Å². The second-order valence-electron chi connectivity index (χ2n) is 4.95. The Bertz CT molecular complexity index is 540. The summed E-state index contributed by atoms with van der Waals surface area (Å²) in [7, 11) is 1.66. The minimum absolute atomic E-state index is 0.107. The van der Waals surface area contributed by atoms with Crippen LogP contribution in [0.2, 0.25) is 0 Å². The molecule has 0 spiro atoms. The number of rotatable bonds is 4. The topological polar surface area (TPSA) is 48.4 Å². The maximum atomic E-state index is 6.12. The Labute approximate surface area is 101 Å². The molecule has 2 N–H and O–H groups in total. The predicted octanol–water partition coefficient (Wildman–Crippen LogP) is 2.87. The van der Waals surface area contributed by atoms with Crippen LogP contribution in [-0.2, 0) is 6.42 Å². The number of ether oxygens (including phenoxy) is 1. The number of fused-ring (bicyclic) bond motifs is 1. The Balaban J connectivity index is 1.91. The zero-order valence-corrected chi connectivity index (χ0v) is 10.0. The van der Waals surface area contributed by atoms with E-state index in [4.69, 9.17) is 14.9 Å². The highest BCUT2D eigenvalue weighted by atomic mass is 16.5. The van der Waals surface area contributed by atoms with Crippen LogP contribution in [0.3, 0.4) is 0 Å². The predicted molar refractivity (Wildman–Crippen MR) is 67.2 cm³/mol. The molecule has 1 fully saturated rings. The maximum Gasteiger partial charge on any atom is 0.175 e. The first-order valence-corrected chi connectivity index (χ1v) is 6.04. The van der Waals surface area contributed by atoms with E-state index in [1.165, 1.54) is 5.56 Å². The van der Waals surface area contributed by atoms with Gasteiger partial charge in [0.25, 0.3) is 0 Å². The van der Waals surface area contributed by atoms with Crippen molar-refractivity contribution in [2.24, 2.45) is 5.73 Å². The van der Waals surface area contributed by atoms with Crippen LogP contribution in [0.1, 0.15) is 24.8 Å². The van der Waals surface area contributed by atoms with Gasteiger partial charge < -0.3 is 14.9 Å². The fourth-order valence-electron chi connectivity index (χ4n) is 2.27. The number of hydrogen-bond donors (Lipinski definition) is 1. The van der Waals surface area contributed by atoms with Crippen molar-refractivity contribution < 1.29 is 9.15 Å². The van der Waals surface area contributed by atoms with Crippen molar-refractivity contribution in [2.75, 3.05) is 7.11 Å². The zero-order valence-electron chi connectivity index (χ0n) is 10.0. The lowest BCUT2D eigenvalue weighted by atomic mass is 10.0. The fraction of sp³-hybridized carbons (Fsp3) is 0.429. The third kappa shape index (κ3) is 1.91. The molecule has 1 aromatic carbocycles. The molecule has 1 aliphatic carbocycles. The van der Waals surface area contributed by atoms with E-state index in [0.29, 0.717) is 0 Å². The lowest BCUT2D eigenvalue weighted by Gasteiger charge is -2.09. The second-order valence-corrected chi connectivity index (χ2v) is 4.95. The van der Waals surface area contributed by atoms with Gasteiger partial charge in [-0.3, -0.25) is 0 Å². The van der Waals surface area contributed by atoms with E-state index in [-0.39, 0.29) is 5.54 Å². The Morgan fingerprint density at radius 2 is 2.18 bits per heavy atom. The molecule has 0 radical (unpaired) electrons. The summed E-state index contributed by atoms with van der Waals surface area (Å²) < 4.78 is 10.8. The van der Waals surface area contributed by atoms with Gasteiger partial charge in [-0.25, -0.2) is 0 Å². The quantitative estimate of drug-likeness (QED) is 0.880. The third-order valence-electron chi connectivity index (χ3n) is 3.68. The summed E-state index contributed by atoms with van der Waals surface area (Å²) >= 11 is 0. The van der Waals surface area contributed by atoms with E-state index in [0.717, 1.165) is 42.4 Å². The van der Waals surface area contributed by atoms with Gasteiger partial charge in [-0.1, -0.05) is 6.07 Å². The van der Waals surface area contributed by atoms with E-state index in [2.05, 4.69) is 6.07 Å². The largest absolute Gasteiger partial charge is 0.493 e. The van der Waals surface area contributed by atoms with Crippen molar-refractivity contribution in [2.45, 2.75) is 31.2 Å². The molecule has 1 aromatic heterocycles. The first-order valence-electron chi connectivity index (χ1n) is 6.04. The van der Waals surface area contributed by atoms with E-state index in [1.807, 2.05) is 12.1 Å². The Morgan fingerprint density at radius 1 is 1.35 bits per heavy atom. The molecule has 0 unspecified atom stereocenters. The number of furan rings is 1. The normalized spacial score (nSPS) is 17.3. The molecular formula is C14H17NO2. The van der Waals surface area contributed by atoms with Crippen molar-refractivity contribution in [3.05, 3.63) is 30.0 Å². The summed E-state index contributed by atoms with van der Waals surface area (Å²) in [4.78, 5) is 0. The Kier molecular flexibility index (Phi) is 2.37. The van der Waals surface area contributed by atoms with Gasteiger partial charge in [-0.2, -0.15) is 0 Å². The van der Waals surface area contributed by atoms with Gasteiger partial charge in [0.2, 0.25) is 0 Å². The molecule has 1 saturated carbocycles. The molecule has 1 heterocycles. The number of hydrogen-bond acceptors (Lipinski definition) is 3. The Hall–Kier alpha value is -1.48.